The average Bonchev–Trinajstić information content (AvgIpc) is 2.58. The van der Waals surface area contributed by atoms with Crippen molar-refractivity contribution in [3.05, 3.63) is 6.28 Å². The first-order valence-corrected chi connectivity index (χ1v) is 9.31. The third-order valence-electron chi connectivity index (χ3n) is 1.09. The Bertz CT molecular complexity index is 473. The summed E-state index contributed by atoms with van der Waals surface area (Å²) in [6, 6.07) is 0. The summed E-state index contributed by atoms with van der Waals surface area (Å²) in [6.07, 6.45) is 0. The second-order valence-corrected chi connectivity index (χ2v) is 11.6. The molecule has 2 rings (SSSR count). The van der Waals surface area contributed by atoms with Gasteiger partial charge >= 0.3 is 16.5 Å². The molecule has 0 aliphatic heterocycles. The van der Waals surface area contributed by atoms with Crippen molar-refractivity contribution in [1.29, 1.82) is 0 Å². The molecule has 17 heavy (non-hydrogen) atoms. The van der Waals surface area contributed by atoms with Crippen LogP contribution in [0.25, 0.3) is 0 Å². The molecule has 1 radical (unpaired) electrons. The normalized spacial score (nSPS) is 9.18. The van der Waals surface area contributed by atoms with Crippen molar-refractivity contribution in [3.8, 4) is 0 Å². The molecule has 0 atom stereocenters. The summed E-state index contributed by atoms with van der Waals surface area (Å²) in [6.45, 7) is 0. The predicted octanol–water partition coefficient (Wildman–Crippen LogP) is 6.23. The Morgan fingerprint density at radius 3 is 0.824 bits per heavy atom. The monoisotopic (exact) mass is 454 g/mol. The van der Waals surface area contributed by atoms with E-state index in [9.17, 15) is 0 Å². The van der Waals surface area contributed by atoms with Crippen LogP contribution in [0.3, 0.4) is 0 Å². The fraction of sp³-hybridized carbons (Fsp3) is 0. The van der Waals surface area contributed by atoms with Crippen LogP contribution in [0.4, 0.5) is 0 Å². The summed E-state index contributed by atoms with van der Waals surface area (Å²) in [7, 11) is 0. The number of rotatable bonds is 0. The smallest absolute Gasteiger partial charge is 0.131 e. The third-order valence-corrected chi connectivity index (χ3v) is 8.55. The van der Waals surface area contributed by atoms with Crippen molar-refractivity contribution in [2.45, 2.75) is 16.8 Å². The van der Waals surface area contributed by atoms with Crippen molar-refractivity contribution in [1.82, 2.24) is 0 Å². The maximum absolute atomic E-state index is 4.86. The van der Waals surface area contributed by atoms with E-state index >= 15 is 0 Å². The van der Waals surface area contributed by atoms with Crippen LogP contribution in [0.15, 0.2) is 16.8 Å². The summed E-state index contributed by atoms with van der Waals surface area (Å²) in [5, 5.41) is 0. The van der Waals surface area contributed by atoms with Crippen LogP contribution in [-0.2, 0) is 16.5 Å². The maximum atomic E-state index is 4.86. The van der Waals surface area contributed by atoms with Gasteiger partial charge in [-0.25, -0.2) is 0 Å². The molecule has 0 saturated carbocycles. The quantitative estimate of drug-likeness (QED) is 0.211. The van der Waals surface area contributed by atoms with Gasteiger partial charge in [0, 0.05) is 0 Å². The molecule has 0 saturated heterocycles. The van der Waals surface area contributed by atoms with Gasteiger partial charge in [-0.2, -0.15) is 0 Å². The molecule has 0 amide bonds. The Hall–Kier alpha value is 2.43. The molecule has 0 aliphatic carbocycles. The van der Waals surface area contributed by atoms with E-state index < -0.39 is 0 Å². The van der Waals surface area contributed by atoms with Crippen molar-refractivity contribution >= 4 is 120 Å². The van der Waals surface area contributed by atoms with Gasteiger partial charge in [-0.1, -0.05) is 24.4 Å². The molecular formula is C6H4NiS10+3. The number of hydrogen-bond acceptors (Lipinski definition) is 10. The van der Waals surface area contributed by atoms with Crippen molar-refractivity contribution in [2.75, 3.05) is 0 Å². The van der Waals surface area contributed by atoms with E-state index in [1.807, 2.05) is 0 Å². The molecule has 11 heteroatoms. The van der Waals surface area contributed by atoms with Crippen LogP contribution < -0.4 is 0 Å². The molecule has 0 bridgehead atoms. The van der Waals surface area contributed by atoms with Crippen LogP contribution in [0.5, 0.6) is 0 Å². The molecule has 0 N–H and O–H groups in total. The molecule has 2 aromatic rings. The van der Waals surface area contributed by atoms with Crippen molar-refractivity contribution < 1.29 is 16.5 Å². The summed E-state index contributed by atoms with van der Waals surface area (Å²) < 4.78 is 5.46. The molecule has 0 fully saturated rings. The molecule has 95 valence electrons. The zero-order valence-electron chi connectivity index (χ0n) is 7.55. The minimum absolute atomic E-state index is 0. The summed E-state index contributed by atoms with van der Waals surface area (Å²) in [5.41, 5.74) is 0. The topological polar surface area (TPSA) is 0 Å². The van der Waals surface area contributed by atoms with Crippen LogP contribution in [0.2, 0.25) is 0 Å². The first-order chi connectivity index (χ1) is 7.40. The van der Waals surface area contributed by atoms with E-state index in [1.165, 1.54) is 45.3 Å². The Morgan fingerprint density at radius 2 is 0.765 bits per heavy atom. The Morgan fingerprint density at radius 1 is 0.588 bits per heavy atom. The van der Waals surface area contributed by atoms with Crippen molar-refractivity contribution in [3.63, 3.8) is 0 Å². The Kier molecular flexibility index (Phi) is 10.7. The van der Waals surface area contributed by atoms with Gasteiger partial charge in [-0.15, -0.1) is 95.9 Å². The third kappa shape index (κ3) is 7.12. The summed E-state index contributed by atoms with van der Waals surface area (Å²) >= 11 is 32.1. The molecule has 0 nitrogen and oxygen atoms in total. The standard InChI is InChI=1S/2C3H2S5.Ni/c2*4-1-2(5)8-3(6)7-1;/h2*4-5H;/q;;+3. The van der Waals surface area contributed by atoms with E-state index in [1.54, 1.807) is 0 Å². The zero-order chi connectivity index (χ0) is 12.3. The van der Waals surface area contributed by atoms with Crippen LogP contribution in [0.1, 0.15) is 0 Å². The molecule has 0 aliphatic rings. The average molecular weight is 455 g/mol. The van der Waals surface area contributed by atoms with Gasteiger partial charge in [0.15, 0.2) is 0 Å². The second kappa shape index (κ2) is 9.38. The minimum atomic E-state index is 0. The summed E-state index contributed by atoms with van der Waals surface area (Å²) in [4.78, 5) is 0. The van der Waals surface area contributed by atoms with Gasteiger partial charge in [0.2, 0.25) is 0 Å². The SMILES string of the molecule is S=c1sc(S)c(S)s1.S=c1sc(S)c(S)s1.[Ni+3]. The fourth-order valence-electron chi connectivity index (χ4n) is 0.532. The first kappa shape index (κ1) is 19.4. The number of hydrogen-bond donors (Lipinski definition) is 4. The molecule has 2 heterocycles. The van der Waals surface area contributed by atoms with E-state index in [0.717, 1.165) is 23.1 Å². The van der Waals surface area contributed by atoms with Crippen molar-refractivity contribution in [2.24, 2.45) is 0 Å². The van der Waals surface area contributed by atoms with Crippen LogP contribution in [-0.4, -0.2) is 0 Å². The van der Waals surface area contributed by atoms with E-state index in [2.05, 4.69) is 50.5 Å². The van der Waals surface area contributed by atoms with E-state index in [4.69, 9.17) is 24.4 Å². The molecular weight excluding hydrogens is 451 g/mol. The fourth-order valence-corrected chi connectivity index (χ4v) is 7.47. The van der Waals surface area contributed by atoms with Gasteiger partial charge in [0.1, 0.15) is 6.28 Å². The minimum Gasteiger partial charge on any atom is -0.131 e. The van der Waals surface area contributed by atoms with Gasteiger partial charge in [0.05, 0.1) is 16.8 Å². The van der Waals surface area contributed by atoms with Gasteiger partial charge in [0.25, 0.3) is 0 Å². The largest absolute Gasteiger partial charge is 3.00 e. The molecule has 2 aromatic heterocycles. The van der Waals surface area contributed by atoms with Gasteiger partial charge < -0.3 is 0 Å². The zero-order valence-corrected chi connectivity index (χ0v) is 17.0. The van der Waals surface area contributed by atoms with E-state index in [-0.39, 0.29) is 16.5 Å². The Balaban J connectivity index is 0.000000284. The molecule has 0 aromatic carbocycles. The van der Waals surface area contributed by atoms with Crippen LogP contribution in [0, 0.1) is 6.28 Å². The number of thiol groups is 4. The van der Waals surface area contributed by atoms with Gasteiger partial charge in [-0.3, -0.25) is 0 Å². The first-order valence-electron chi connectivity index (χ1n) is 3.44. The summed E-state index contributed by atoms with van der Waals surface area (Å²) in [5.74, 6) is 0. The molecule has 0 spiro atoms. The maximum Gasteiger partial charge on any atom is 3.00 e. The predicted molar refractivity (Wildman–Crippen MR) is 95.1 cm³/mol. The van der Waals surface area contributed by atoms with Gasteiger partial charge in [-0.05, 0) is 0 Å². The van der Waals surface area contributed by atoms with E-state index in [0.29, 0.717) is 0 Å². The second-order valence-electron chi connectivity index (χ2n) is 2.13. The Labute approximate surface area is 157 Å². The van der Waals surface area contributed by atoms with Crippen LogP contribution >= 0.6 is 120 Å². The molecule has 0 unspecified atom stereocenters.